The molecule has 0 unspecified atom stereocenters. The standard InChI is InChI=1S/C4H2N2S2.2C4H9.Sn/c5-1-3(7)4(8)2-6;2*1-3-4-2;/h7-8H;2*1,3-4H2,2H3;/q;;;+2/p-2. The van der Waals surface area contributed by atoms with Gasteiger partial charge in [0, 0.05) is 0 Å². The molecule has 17 heavy (non-hydrogen) atoms. The first kappa shape index (κ1) is 15.3. The van der Waals surface area contributed by atoms with Crippen LogP contribution in [-0.2, 0) is 0 Å². The van der Waals surface area contributed by atoms with Crippen molar-refractivity contribution in [2.24, 2.45) is 0 Å². The van der Waals surface area contributed by atoms with Crippen molar-refractivity contribution >= 4 is 33.5 Å². The molecule has 0 aliphatic carbocycles. The number of hydrogen-bond acceptors (Lipinski definition) is 4. The third-order valence-corrected chi connectivity index (χ3v) is 29.7. The molecule has 0 aromatic carbocycles. The van der Waals surface area contributed by atoms with E-state index in [9.17, 15) is 0 Å². The van der Waals surface area contributed by atoms with Crippen LogP contribution in [-0.4, -0.2) is 15.6 Å². The molecule has 1 heterocycles. The Balaban J connectivity index is 2.77. The maximum atomic E-state index is 9.09. The second-order valence-electron chi connectivity index (χ2n) is 4.20. The fourth-order valence-electron chi connectivity index (χ4n) is 1.85. The average Bonchev–Trinajstić information content (AvgIpc) is 2.73. The molecule has 1 rings (SSSR count). The van der Waals surface area contributed by atoms with Gasteiger partial charge in [0.2, 0.25) is 0 Å². The van der Waals surface area contributed by atoms with E-state index in [2.05, 4.69) is 26.0 Å². The third kappa shape index (κ3) is 4.12. The first-order valence-electron chi connectivity index (χ1n) is 6.14. The Hall–Kier alpha value is 0.219. The van der Waals surface area contributed by atoms with Crippen LogP contribution < -0.4 is 0 Å². The molecule has 0 saturated heterocycles. The van der Waals surface area contributed by atoms with Crippen molar-refractivity contribution < 1.29 is 0 Å². The first-order valence-corrected chi connectivity index (χ1v) is 18.8. The minimum absolute atomic E-state index is 0.723. The molecule has 0 fully saturated rings. The molecule has 92 valence electrons. The first-order chi connectivity index (χ1) is 8.21. The Labute approximate surface area is 114 Å². The van der Waals surface area contributed by atoms with Crippen molar-refractivity contribution in [3.63, 3.8) is 0 Å². The van der Waals surface area contributed by atoms with Gasteiger partial charge < -0.3 is 0 Å². The summed E-state index contributed by atoms with van der Waals surface area (Å²) < 4.78 is 2.60. The van der Waals surface area contributed by atoms with Crippen LogP contribution in [0, 0.1) is 22.7 Å². The van der Waals surface area contributed by atoms with Crippen LogP contribution in [0.15, 0.2) is 9.81 Å². The topological polar surface area (TPSA) is 47.6 Å². The van der Waals surface area contributed by atoms with Gasteiger partial charge in [-0.25, -0.2) is 0 Å². The summed E-state index contributed by atoms with van der Waals surface area (Å²) in [6, 6.07) is 4.45. The summed E-state index contributed by atoms with van der Waals surface area (Å²) in [7, 11) is 3.68. The van der Waals surface area contributed by atoms with E-state index in [0.29, 0.717) is 0 Å². The van der Waals surface area contributed by atoms with Crippen LogP contribution in [0.1, 0.15) is 39.5 Å². The van der Waals surface area contributed by atoms with Crippen molar-refractivity contribution in [1.82, 2.24) is 0 Å². The van der Waals surface area contributed by atoms with Gasteiger partial charge in [-0.15, -0.1) is 0 Å². The maximum absolute atomic E-state index is 9.09. The monoisotopic (exact) mass is 374 g/mol. The molecule has 0 radical (unpaired) electrons. The van der Waals surface area contributed by atoms with Crippen LogP contribution in [0.2, 0.25) is 8.87 Å². The third-order valence-electron chi connectivity index (χ3n) is 2.81. The molecule has 5 heteroatoms. The quantitative estimate of drug-likeness (QED) is 0.630. The molecule has 1 aliphatic heterocycles. The van der Waals surface area contributed by atoms with Gasteiger partial charge in [0.1, 0.15) is 0 Å². The Morgan fingerprint density at radius 2 is 1.35 bits per heavy atom. The zero-order valence-corrected chi connectivity index (χ0v) is 14.9. The van der Waals surface area contributed by atoms with Gasteiger partial charge in [0.25, 0.3) is 0 Å². The van der Waals surface area contributed by atoms with Crippen LogP contribution in [0.25, 0.3) is 0 Å². The number of nitrogens with zero attached hydrogens (tertiary/aromatic N) is 2. The van der Waals surface area contributed by atoms with Gasteiger partial charge in [-0.1, -0.05) is 0 Å². The average molecular weight is 373 g/mol. The summed E-state index contributed by atoms with van der Waals surface area (Å²) >= 11 is -2.34. The minimum atomic E-state index is -2.34. The number of rotatable bonds is 6. The van der Waals surface area contributed by atoms with Crippen molar-refractivity contribution in [1.29, 1.82) is 10.5 Å². The molecule has 0 amide bonds. The molecule has 0 N–H and O–H groups in total. The van der Waals surface area contributed by atoms with Crippen LogP contribution >= 0.6 is 17.9 Å². The van der Waals surface area contributed by atoms with Gasteiger partial charge in [0.15, 0.2) is 0 Å². The van der Waals surface area contributed by atoms with Gasteiger partial charge in [-0.05, 0) is 0 Å². The molecule has 0 atom stereocenters. The molecule has 0 saturated carbocycles. The molecular weight excluding hydrogens is 355 g/mol. The molecule has 2 nitrogen and oxygen atoms in total. The van der Waals surface area contributed by atoms with Crippen molar-refractivity contribution in [2.45, 2.75) is 48.4 Å². The van der Waals surface area contributed by atoms with Gasteiger partial charge in [0.05, 0.1) is 0 Å². The molecule has 1 aliphatic rings. The van der Waals surface area contributed by atoms with Gasteiger partial charge in [-0.3, -0.25) is 0 Å². The Morgan fingerprint density at radius 3 is 1.65 bits per heavy atom. The zero-order chi connectivity index (χ0) is 12.7. The van der Waals surface area contributed by atoms with Crippen LogP contribution in [0.3, 0.4) is 0 Å². The molecular formula is C12H18N2S2Sn. The van der Waals surface area contributed by atoms with Gasteiger partial charge >= 0.3 is 114 Å². The zero-order valence-electron chi connectivity index (χ0n) is 10.5. The molecule has 0 aromatic heterocycles. The van der Waals surface area contributed by atoms with Crippen LogP contribution in [0.4, 0.5) is 0 Å². The predicted octanol–water partition coefficient (Wildman–Crippen LogP) is 4.77. The van der Waals surface area contributed by atoms with E-state index >= 15 is 0 Å². The molecule has 0 aromatic rings. The molecule has 0 spiro atoms. The summed E-state index contributed by atoms with van der Waals surface area (Å²) in [5.41, 5.74) is 0. The number of unbranched alkanes of at least 4 members (excludes halogenated alkanes) is 2. The van der Waals surface area contributed by atoms with E-state index in [1.165, 1.54) is 34.6 Å². The summed E-state index contributed by atoms with van der Waals surface area (Å²) in [5.74, 6) is 0. The number of nitriles is 2. The van der Waals surface area contributed by atoms with Gasteiger partial charge in [-0.2, -0.15) is 0 Å². The second kappa shape index (κ2) is 7.61. The van der Waals surface area contributed by atoms with Crippen molar-refractivity contribution in [3.8, 4) is 12.1 Å². The summed E-state index contributed by atoms with van der Waals surface area (Å²) in [4.78, 5) is 1.45. The van der Waals surface area contributed by atoms with E-state index < -0.39 is 15.6 Å². The second-order valence-corrected chi connectivity index (χ2v) is 29.2. The summed E-state index contributed by atoms with van der Waals surface area (Å²) in [5, 5.41) is 18.2. The fourth-order valence-corrected chi connectivity index (χ4v) is 31.6. The Morgan fingerprint density at radius 1 is 0.941 bits per heavy atom. The van der Waals surface area contributed by atoms with Crippen molar-refractivity contribution in [3.05, 3.63) is 9.81 Å². The van der Waals surface area contributed by atoms with Crippen LogP contribution in [0.5, 0.6) is 0 Å². The van der Waals surface area contributed by atoms with E-state index in [0.717, 1.165) is 9.81 Å². The van der Waals surface area contributed by atoms with Crippen molar-refractivity contribution in [2.75, 3.05) is 0 Å². The summed E-state index contributed by atoms with van der Waals surface area (Å²) in [6.07, 6.45) is 4.96. The Kier molecular flexibility index (Phi) is 6.84. The summed E-state index contributed by atoms with van der Waals surface area (Å²) in [6.45, 7) is 4.43. The Bertz CT molecular complexity index is 343. The predicted molar refractivity (Wildman–Crippen MR) is 78.6 cm³/mol. The normalized spacial score (nSPS) is 17.9. The fraction of sp³-hybridized carbons (Fsp3) is 0.667. The molecule has 0 bridgehead atoms. The SMILES string of the molecule is CCC[CH2][Sn]1([CH2]CCC)[S]C(C#N)=C(C#N)[S]1. The number of hydrogen-bond donors (Lipinski definition) is 0. The van der Waals surface area contributed by atoms with E-state index in [1.807, 2.05) is 17.9 Å². The van der Waals surface area contributed by atoms with E-state index in [-0.39, 0.29) is 0 Å². The van der Waals surface area contributed by atoms with E-state index in [1.54, 1.807) is 0 Å². The number of allylic oxidation sites excluding steroid dienone is 2. The van der Waals surface area contributed by atoms with E-state index in [4.69, 9.17) is 10.5 Å².